The zero-order chi connectivity index (χ0) is 16.5. The molecular formula is C17H25FN2O2. The predicted octanol–water partition coefficient (Wildman–Crippen LogP) is 2.87. The Bertz CT molecular complexity index is 505. The zero-order valence-electron chi connectivity index (χ0n) is 13.6. The number of benzene rings is 1. The van der Waals surface area contributed by atoms with Gasteiger partial charge in [-0.25, -0.2) is 4.39 Å². The molecule has 22 heavy (non-hydrogen) atoms. The summed E-state index contributed by atoms with van der Waals surface area (Å²) in [7, 11) is 0. The van der Waals surface area contributed by atoms with Crippen LogP contribution in [0, 0.1) is 5.82 Å². The van der Waals surface area contributed by atoms with E-state index >= 15 is 0 Å². The molecule has 1 aromatic rings. The summed E-state index contributed by atoms with van der Waals surface area (Å²) in [6.07, 6.45) is 2.16. The average Bonchev–Trinajstić information content (AvgIpc) is 2.53. The van der Waals surface area contributed by atoms with Crippen molar-refractivity contribution in [2.24, 2.45) is 0 Å². The molecule has 0 aliphatic heterocycles. The van der Waals surface area contributed by atoms with Gasteiger partial charge in [0.15, 0.2) is 0 Å². The van der Waals surface area contributed by atoms with Gasteiger partial charge in [-0.2, -0.15) is 0 Å². The lowest BCUT2D eigenvalue weighted by atomic mass is 10.1. The topological polar surface area (TPSA) is 49.4 Å². The first-order chi connectivity index (χ1) is 10.5. The molecular weight excluding hydrogens is 283 g/mol. The van der Waals surface area contributed by atoms with Crippen LogP contribution in [-0.2, 0) is 16.1 Å². The van der Waals surface area contributed by atoms with Crippen molar-refractivity contribution in [3.8, 4) is 0 Å². The lowest BCUT2D eigenvalue weighted by molar-refractivity contribution is -0.140. The van der Waals surface area contributed by atoms with Gasteiger partial charge < -0.3 is 10.2 Å². The van der Waals surface area contributed by atoms with Crippen LogP contribution in [0.15, 0.2) is 24.3 Å². The molecule has 1 atom stereocenters. The first kappa shape index (κ1) is 18.1. The third kappa shape index (κ3) is 5.13. The van der Waals surface area contributed by atoms with E-state index < -0.39 is 6.04 Å². The molecule has 5 heteroatoms. The van der Waals surface area contributed by atoms with E-state index in [9.17, 15) is 14.0 Å². The van der Waals surface area contributed by atoms with Crippen molar-refractivity contribution < 1.29 is 14.0 Å². The number of carbonyl (C=O) groups excluding carboxylic acids is 2. The molecule has 0 spiro atoms. The smallest absolute Gasteiger partial charge is 0.242 e. The first-order valence-electron chi connectivity index (χ1n) is 7.81. The average molecular weight is 308 g/mol. The minimum absolute atomic E-state index is 0.0989. The summed E-state index contributed by atoms with van der Waals surface area (Å²) < 4.78 is 13.8. The summed E-state index contributed by atoms with van der Waals surface area (Å²) >= 11 is 0. The molecule has 2 amide bonds. The second-order valence-corrected chi connectivity index (χ2v) is 5.29. The van der Waals surface area contributed by atoms with Crippen molar-refractivity contribution >= 4 is 11.8 Å². The van der Waals surface area contributed by atoms with Crippen LogP contribution in [0.2, 0.25) is 0 Å². The van der Waals surface area contributed by atoms with E-state index in [1.165, 1.54) is 11.0 Å². The largest absolute Gasteiger partial charge is 0.354 e. The van der Waals surface area contributed by atoms with E-state index in [2.05, 4.69) is 5.32 Å². The summed E-state index contributed by atoms with van der Waals surface area (Å²) in [5.74, 6) is -0.733. The Hall–Kier alpha value is -1.91. The van der Waals surface area contributed by atoms with Crippen molar-refractivity contribution in [3.63, 3.8) is 0 Å². The second kappa shape index (κ2) is 9.18. The summed E-state index contributed by atoms with van der Waals surface area (Å²) in [4.78, 5) is 25.7. The van der Waals surface area contributed by atoms with Crippen molar-refractivity contribution in [2.45, 2.75) is 52.6 Å². The molecule has 0 radical (unpaired) electrons. The highest BCUT2D eigenvalue weighted by Crippen LogP contribution is 2.13. The van der Waals surface area contributed by atoms with Gasteiger partial charge in [-0.05, 0) is 19.4 Å². The van der Waals surface area contributed by atoms with Gasteiger partial charge in [0.25, 0.3) is 0 Å². The monoisotopic (exact) mass is 308 g/mol. The number of rotatable bonds is 8. The minimum Gasteiger partial charge on any atom is -0.354 e. The number of unbranched alkanes of at least 4 members (excludes halogenated alkanes) is 1. The van der Waals surface area contributed by atoms with Gasteiger partial charge in [0.05, 0.1) is 0 Å². The lowest BCUT2D eigenvalue weighted by Gasteiger charge is -2.28. The van der Waals surface area contributed by atoms with Gasteiger partial charge in [0, 0.05) is 25.1 Å². The molecule has 0 saturated carbocycles. The van der Waals surface area contributed by atoms with E-state index in [4.69, 9.17) is 0 Å². The standard InChI is InChI=1S/C17H25FN2O2/c1-4-6-11-19-17(22)13(3)20(16(21)5-2)12-14-9-7-8-10-15(14)18/h7-10,13H,4-6,11-12H2,1-3H3,(H,19,22). The van der Waals surface area contributed by atoms with Crippen LogP contribution in [-0.4, -0.2) is 29.3 Å². The molecule has 0 aliphatic rings. The Labute approximate surface area is 131 Å². The zero-order valence-corrected chi connectivity index (χ0v) is 13.6. The van der Waals surface area contributed by atoms with Crippen LogP contribution in [0.25, 0.3) is 0 Å². The fourth-order valence-corrected chi connectivity index (χ4v) is 2.13. The number of nitrogens with zero attached hydrogens (tertiary/aromatic N) is 1. The number of carbonyl (C=O) groups is 2. The molecule has 0 bridgehead atoms. The van der Waals surface area contributed by atoms with Crippen LogP contribution < -0.4 is 5.32 Å². The van der Waals surface area contributed by atoms with Crippen LogP contribution in [0.5, 0.6) is 0 Å². The van der Waals surface area contributed by atoms with Gasteiger partial charge in [-0.3, -0.25) is 9.59 Å². The first-order valence-corrected chi connectivity index (χ1v) is 7.81. The maximum Gasteiger partial charge on any atom is 0.242 e. The Balaban J connectivity index is 2.82. The summed E-state index contributed by atoms with van der Waals surface area (Å²) in [5, 5.41) is 2.82. The Morgan fingerprint density at radius 3 is 2.55 bits per heavy atom. The minimum atomic E-state index is -0.621. The normalized spacial score (nSPS) is 11.8. The predicted molar refractivity (Wildman–Crippen MR) is 84.6 cm³/mol. The van der Waals surface area contributed by atoms with Gasteiger partial charge >= 0.3 is 0 Å². The van der Waals surface area contributed by atoms with Crippen LogP contribution in [0.1, 0.15) is 45.6 Å². The molecule has 0 saturated heterocycles. The van der Waals surface area contributed by atoms with Crippen LogP contribution in [0.4, 0.5) is 4.39 Å². The van der Waals surface area contributed by atoms with Gasteiger partial charge in [0.1, 0.15) is 11.9 Å². The number of hydrogen-bond donors (Lipinski definition) is 1. The number of halogens is 1. The number of amides is 2. The van der Waals surface area contributed by atoms with Gasteiger partial charge in [0.2, 0.25) is 11.8 Å². The Morgan fingerprint density at radius 2 is 1.95 bits per heavy atom. The highest BCUT2D eigenvalue weighted by Gasteiger charge is 2.25. The molecule has 0 aliphatic carbocycles. The molecule has 122 valence electrons. The Morgan fingerprint density at radius 1 is 1.27 bits per heavy atom. The molecule has 1 N–H and O–H groups in total. The van der Waals surface area contributed by atoms with E-state index in [-0.39, 0.29) is 30.6 Å². The molecule has 0 aromatic heterocycles. The quantitative estimate of drug-likeness (QED) is 0.751. The molecule has 0 heterocycles. The highest BCUT2D eigenvalue weighted by molar-refractivity contribution is 5.87. The van der Waals surface area contributed by atoms with Crippen molar-refractivity contribution in [2.75, 3.05) is 6.54 Å². The summed E-state index contributed by atoms with van der Waals surface area (Å²) in [6, 6.07) is 5.69. The molecule has 4 nitrogen and oxygen atoms in total. The molecule has 1 rings (SSSR count). The fourth-order valence-electron chi connectivity index (χ4n) is 2.13. The fraction of sp³-hybridized carbons (Fsp3) is 0.529. The third-order valence-electron chi connectivity index (χ3n) is 3.60. The van der Waals surface area contributed by atoms with Crippen LogP contribution >= 0.6 is 0 Å². The Kier molecular flexibility index (Phi) is 7.57. The molecule has 0 fully saturated rings. The van der Waals surface area contributed by atoms with Crippen LogP contribution in [0.3, 0.4) is 0 Å². The maximum atomic E-state index is 13.8. The van der Waals surface area contributed by atoms with E-state index in [1.807, 2.05) is 6.92 Å². The second-order valence-electron chi connectivity index (χ2n) is 5.29. The van der Waals surface area contributed by atoms with Crippen molar-refractivity contribution in [1.82, 2.24) is 10.2 Å². The third-order valence-corrected chi connectivity index (χ3v) is 3.60. The maximum absolute atomic E-state index is 13.8. The SMILES string of the molecule is CCCCNC(=O)C(C)N(Cc1ccccc1F)C(=O)CC. The van der Waals surface area contributed by atoms with E-state index in [0.717, 1.165) is 12.8 Å². The summed E-state index contributed by atoms with van der Waals surface area (Å²) in [6.45, 7) is 6.14. The molecule has 1 unspecified atom stereocenters. The van der Waals surface area contributed by atoms with E-state index in [1.54, 1.807) is 32.0 Å². The van der Waals surface area contributed by atoms with E-state index in [0.29, 0.717) is 12.1 Å². The number of hydrogen-bond acceptors (Lipinski definition) is 2. The summed E-state index contributed by atoms with van der Waals surface area (Å²) in [5.41, 5.74) is 0.414. The number of nitrogens with one attached hydrogen (secondary N) is 1. The lowest BCUT2D eigenvalue weighted by Crippen LogP contribution is -2.47. The molecule has 1 aromatic carbocycles. The highest BCUT2D eigenvalue weighted by atomic mass is 19.1. The van der Waals surface area contributed by atoms with Gasteiger partial charge in [-0.1, -0.05) is 38.5 Å². The van der Waals surface area contributed by atoms with Gasteiger partial charge in [-0.15, -0.1) is 0 Å². The van der Waals surface area contributed by atoms with Crippen molar-refractivity contribution in [1.29, 1.82) is 0 Å². The van der Waals surface area contributed by atoms with Crippen molar-refractivity contribution in [3.05, 3.63) is 35.6 Å².